The number of aromatic nitrogens is 3. The van der Waals surface area contributed by atoms with Crippen LogP contribution < -0.4 is 15.8 Å². The van der Waals surface area contributed by atoms with Gasteiger partial charge in [-0.15, -0.1) is 0 Å². The normalized spacial score (nSPS) is 20.1. The van der Waals surface area contributed by atoms with Crippen LogP contribution in [0.1, 0.15) is 59.8 Å². The number of piperazine rings is 1. The molecule has 2 N–H and O–H groups in total. The Hall–Kier alpha value is -3.54. The number of halogens is 4. The van der Waals surface area contributed by atoms with Gasteiger partial charge in [-0.25, -0.2) is 27.5 Å². The summed E-state index contributed by atoms with van der Waals surface area (Å²) in [6, 6.07) is 4.61. The zero-order valence-corrected chi connectivity index (χ0v) is 21.2. The molecule has 206 valence electrons. The van der Waals surface area contributed by atoms with E-state index in [9.17, 15) is 22.8 Å². The largest absolute Gasteiger partial charge is 0.368 e. The van der Waals surface area contributed by atoms with Gasteiger partial charge in [0.05, 0.1) is 17.4 Å². The van der Waals surface area contributed by atoms with Gasteiger partial charge < -0.3 is 15.2 Å². The van der Waals surface area contributed by atoms with Crippen LogP contribution in [0.4, 0.5) is 23.2 Å². The van der Waals surface area contributed by atoms with E-state index >= 15 is 4.39 Å². The zero-order valence-electron chi connectivity index (χ0n) is 21.2. The van der Waals surface area contributed by atoms with Crippen molar-refractivity contribution in [3.63, 3.8) is 0 Å². The summed E-state index contributed by atoms with van der Waals surface area (Å²) in [5.74, 6) is -5.17. The van der Waals surface area contributed by atoms with Gasteiger partial charge in [-0.05, 0) is 25.3 Å². The van der Waals surface area contributed by atoms with E-state index in [4.69, 9.17) is 0 Å². The summed E-state index contributed by atoms with van der Waals surface area (Å²) in [5, 5.41) is 2.79. The third-order valence-electron chi connectivity index (χ3n) is 8.00. The van der Waals surface area contributed by atoms with Crippen LogP contribution in [0.2, 0.25) is 0 Å². The summed E-state index contributed by atoms with van der Waals surface area (Å²) >= 11 is 0. The number of nitrogens with one attached hydrogen (secondary N) is 2. The molecule has 1 aliphatic heterocycles. The van der Waals surface area contributed by atoms with Crippen LogP contribution in [-0.2, 0) is 6.54 Å². The fourth-order valence-electron chi connectivity index (χ4n) is 5.41. The number of amides is 1. The minimum Gasteiger partial charge on any atom is -0.368 e. The molecule has 3 heterocycles. The van der Waals surface area contributed by atoms with Gasteiger partial charge in [-0.2, -0.15) is 0 Å². The van der Waals surface area contributed by atoms with Gasteiger partial charge in [0.2, 0.25) is 5.92 Å². The summed E-state index contributed by atoms with van der Waals surface area (Å²) in [4.78, 5) is 39.5. The van der Waals surface area contributed by atoms with Crippen LogP contribution in [-0.4, -0.2) is 63.9 Å². The van der Waals surface area contributed by atoms with E-state index < -0.39 is 47.8 Å². The number of anilines is 1. The average Bonchev–Trinajstić information content (AvgIpc) is 2.87. The molecule has 0 atom stereocenters. The third-order valence-corrected chi connectivity index (χ3v) is 8.00. The van der Waals surface area contributed by atoms with Gasteiger partial charge in [0.15, 0.2) is 17.3 Å². The Morgan fingerprint density at radius 2 is 1.87 bits per heavy atom. The number of pyridine rings is 1. The van der Waals surface area contributed by atoms with Crippen LogP contribution in [0.25, 0.3) is 11.0 Å². The fourth-order valence-corrected chi connectivity index (χ4v) is 5.41. The van der Waals surface area contributed by atoms with Crippen molar-refractivity contribution in [2.24, 2.45) is 0 Å². The Balaban J connectivity index is 1.09. The fraction of sp³-hybridized carbons (Fsp3) is 0.481. The first kappa shape index (κ1) is 25.7. The Morgan fingerprint density at radius 3 is 2.51 bits per heavy atom. The quantitative estimate of drug-likeness (QED) is 0.460. The van der Waals surface area contributed by atoms with Crippen molar-refractivity contribution in [1.29, 1.82) is 0 Å². The second kappa shape index (κ2) is 9.89. The number of benzene rings is 1. The highest BCUT2D eigenvalue weighted by Gasteiger charge is 2.47. The molecule has 1 saturated heterocycles. The first-order chi connectivity index (χ1) is 18.7. The number of rotatable bonds is 6. The van der Waals surface area contributed by atoms with Crippen molar-refractivity contribution >= 4 is 22.6 Å². The average molecular weight is 545 g/mol. The SMILES string of the molecule is O=C(NC1CCC1)c1ncc(N2CCN(Cc3ccc4nc(C5CC(F)(F)C5)c(=O)[nH]c4c3F)CC2)cc1F. The van der Waals surface area contributed by atoms with Crippen molar-refractivity contribution in [3.05, 3.63) is 63.3 Å². The van der Waals surface area contributed by atoms with Gasteiger partial charge in [0, 0.05) is 69.2 Å². The number of alkyl halides is 2. The molecule has 0 unspecified atom stereocenters. The molecule has 6 rings (SSSR count). The monoisotopic (exact) mass is 544 g/mol. The zero-order chi connectivity index (χ0) is 27.3. The standard InChI is InChI=1S/C27H28F4N6O2/c28-19-10-18(13-32-23(19)26(39)33-17-2-1-3-17)37-8-6-36(7-9-37)14-15-4-5-20-24(21(15)29)35-25(38)22(34-20)16-11-27(30,31)12-16/h4-5,10,13,16-17H,1-3,6-9,11-12,14H2,(H,33,39)(H,35,38). The molecular weight excluding hydrogens is 516 g/mol. The Kier molecular flexibility index (Phi) is 6.52. The highest BCUT2D eigenvalue weighted by Crippen LogP contribution is 2.47. The van der Waals surface area contributed by atoms with E-state index in [1.54, 1.807) is 12.1 Å². The molecule has 1 aromatic carbocycles. The van der Waals surface area contributed by atoms with E-state index in [0.717, 1.165) is 19.3 Å². The lowest BCUT2D eigenvalue weighted by molar-refractivity contribution is -0.0878. The Morgan fingerprint density at radius 1 is 1.13 bits per heavy atom. The molecule has 12 heteroatoms. The maximum atomic E-state index is 15.3. The van der Waals surface area contributed by atoms with E-state index in [0.29, 0.717) is 44.0 Å². The summed E-state index contributed by atoms with van der Waals surface area (Å²) in [6.45, 7) is 2.55. The molecule has 0 bridgehead atoms. The summed E-state index contributed by atoms with van der Waals surface area (Å²) < 4.78 is 56.5. The molecule has 0 spiro atoms. The Bertz CT molecular complexity index is 1480. The molecule has 2 saturated carbocycles. The van der Waals surface area contributed by atoms with Crippen LogP contribution >= 0.6 is 0 Å². The maximum absolute atomic E-state index is 15.3. The van der Waals surface area contributed by atoms with Crippen LogP contribution in [0.3, 0.4) is 0 Å². The molecule has 39 heavy (non-hydrogen) atoms. The summed E-state index contributed by atoms with van der Waals surface area (Å²) in [6.07, 6.45) is 3.51. The lowest BCUT2D eigenvalue weighted by Crippen LogP contribution is -2.46. The predicted molar refractivity (Wildman–Crippen MR) is 136 cm³/mol. The highest BCUT2D eigenvalue weighted by atomic mass is 19.3. The van der Waals surface area contributed by atoms with Gasteiger partial charge in [0.1, 0.15) is 11.2 Å². The van der Waals surface area contributed by atoms with Gasteiger partial charge in [-0.3, -0.25) is 14.5 Å². The molecule has 1 amide bonds. The number of hydrogen-bond donors (Lipinski definition) is 2. The number of hydrogen-bond acceptors (Lipinski definition) is 6. The third kappa shape index (κ3) is 5.09. The first-order valence-electron chi connectivity index (χ1n) is 13.2. The Labute approximate surface area is 221 Å². The topological polar surface area (TPSA) is 94.2 Å². The second-order valence-electron chi connectivity index (χ2n) is 10.7. The molecule has 2 aromatic heterocycles. The number of H-pyrrole nitrogens is 1. The minimum absolute atomic E-state index is 0.0228. The second-order valence-corrected chi connectivity index (χ2v) is 10.7. The maximum Gasteiger partial charge on any atom is 0.273 e. The number of aromatic amines is 1. The minimum atomic E-state index is -2.79. The van der Waals surface area contributed by atoms with Crippen molar-refractivity contribution in [2.75, 3.05) is 31.1 Å². The van der Waals surface area contributed by atoms with Crippen molar-refractivity contribution in [2.45, 2.75) is 56.5 Å². The molecular formula is C27H28F4N6O2. The number of carbonyl (C=O) groups excluding carboxylic acids is 1. The van der Waals surface area contributed by atoms with Gasteiger partial charge in [-0.1, -0.05) is 6.07 Å². The van der Waals surface area contributed by atoms with Crippen molar-refractivity contribution in [1.82, 2.24) is 25.2 Å². The van der Waals surface area contributed by atoms with Gasteiger partial charge in [0.25, 0.3) is 11.5 Å². The number of nitrogens with zero attached hydrogens (tertiary/aromatic N) is 4. The first-order valence-corrected chi connectivity index (χ1v) is 13.2. The van der Waals surface area contributed by atoms with E-state index in [1.807, 2.05) is 9.80 Å². The lowest BCUT2D eigenvalue weighted by Gasteiger charge is -2.36. The van der Waals surface area contributed by atoms with Crippen LogP contribution in [0.15, 0.2) is 29.2 Å². The van der Waals surface area contributed by atoms with E-state index in [2.05, 4.69) is 20.3 Å². The number of fused-ring (bicyclic) bond motifs is 1. The summed E-state index contributed by atoms with van der Waals surface area (Å²) in [5.41, 5.74) is 0.328. The van der Waals surface area contributed by atoms with E-state index in [1.165, 1.54) is 12.3 Å². The molecule has 3 aromatic rings. The molecule has 0 radical (unpaired) electrons. The van der Waals surface area contributed by atoms with Gasteiger partial charge >= 0.3 is 0 Å². The lowest BCUT2D eigenvalue weighted by atomic mass is 9.79. The highest BCUT2D eigenvalue weighted by molar-refractivity contribution is 5.93. The van der Waals surface area contributed by atoms with Crippen LogP contribution in [0.5, 0.6) is 0 Å². The predicted octanol–water partition coefficient (Wildman–Crippen LogP) is 3.71. The number of carbonyl (C=O) groups is 1. The molecule has 8 nitrogen and oxygen atoms in total. The summed E-state index contributed by atoms with van der Waals surface area (Å²) in [7, 11) is 0. The molecule has 2 aliphatic carbocycles. The van der Waals surface area contributed by atoms with Crippen molar-refractivity contribution in [3.8, 4) is 0 Å². The van der Waals surface area contributed by atoms with Crippen LogP contribution in [0, 0.1) is 11.6 Å². The molecule has 3 aliphatic rings. The van der Waals surface area contributed by atoms with E-state index in [-0.39, 0.29) is 28.5 Å². The smallest absolute Gasteiger partial charge is 0.273 e. The van der Waals surface area contributed by atoms with Crippen molar-refractivity contribution < 1.29 is 22.4 Å². The molecule has 3 fully saturated rings.